The van der Waals surface area contributed by atoms with E-state index in [1.54, 1.807) is 17.0 Å². The number of rotatable bonds is 5. The van der Waals surface area contributed by atoms with Gasteiger partial charge in [-0.05, 0) is 41.2 Å². The van der Waals surface area contributed by atoms with Crippen LogP contribution in [-0.4, -0.2) is 42.4 Å². The quantitative estimate of drug-likeness (QED) is 0.566. The van der Waals surface area contributed by atoms with Crippen molar-refractivity contribution < 1.29 is 17.7 Å². The van der Waals surface area contributed by atoms with E-state index in [0.717, 1.165) is 16.8 Å². The van der Waals surface area contributed by atoms with Crippen molar-refractivity contribution in [1.82, 2.24) is 14.4 Å². The summed E-state index contributed by atoms with van der Waals surface area (Å²) in [6, 6.07) is 12.8. The van der Waals surface area contributed by atoms with E-state index in [-0.39, 0.29) is 28.7 Å². The van der Waals surface area contributed by atoms with E-state index < -0.39 is 10.0 Å². The molecule has 1 aliphatic rings. The largest absolute Gasteiger partial charge is 0.338 e. The maximum atomic E-state index is 13.1. The van der Waals surface area contributed by atoms with E-state index in [1.807, 2.05) is 24.3 Å². The first-order valence-electron chi connectivity index (χ1n) is 10.8. The van der Waals surface area contributed by atoms with Crippen molar-refractivity contribution in [2.75, 3.05) is 18.5 Å². The number of anilines is 1. The highest BCUT2D eigenvalue weighted by atomic mass is 32.2. The lowest BCUT2D eigenvalue weighted by molar-refractivity contribution is -0.116. The third-order valence-electron chi connectivity index (χ3n) is 5.87. The highest BCUT2D eigenvalue weighted by molar-refractivity contribution is 7.89. The third kappa shape index (κ3) is 4.56. The molecule has 1 aromatic heterocycles. The second-order valence-electron chi connectivity index (χ2n) is 9.31. The number of hydrogen-bond acceptors (Lipinski definition) is 6. The molecule has 0 aliphatic carbocycles. The van der Waals surface area contributed by atoms with E-state index in [1.165, 1.54) is 29.9 Å². The Labute approximate surface area is 194 Å². The molecule has 0 N–H and O–H groups in total. The number of benzene rings is 2. The Kier molecular flexibility index (Phi) is 5.88. The predicted octanol–water partition coefficient (Wildman–Crippen LogP) is 3.76. The molecular weight excluding hydrogens is 440 g/mol. The summed E-state index contributed by atoms with van der Waals surface area (Å²) in [6.45, 7) is 8.45. The minimum Gasteiger partial charge on any atom is -0.338 e. The van der Waals surface area contributed by atoms with Crippen LogP contribution in [0.15, 0.2) is 51.9 Å². The highest BCUT2D eigenvalue weighted by Crippen LogP contribution is 2.31. The number of aromatic nitrogens is 2. The van der Waals surface area contributed by atoms with Crippen molar-refractivity contribution in [1.29, 1.82) is 0 Å². The summed E-state index contributed by atoms with van der Waals surface area (Å²) >= 11 is 0. The number of carbonyl (C=O) groups is 1. The van der Waals surface area contributed by atoms with Crippen LogP contribution < -0.4 is 4.90 Å². The zero-order chi connectivity index (χ0) is 24.0. The van der Waals surface area contributed by atoms with Gasteiger partial charge in [0, 0.05) is 31.8 Å². The van der Waals surface area contributed by atoms with E-state index in [2.05, 4.69) is 30.9 Å². The zero-order valence-electron chi connectivity index (χ0n) is 19.5. The molecule has 1 amide bonds. The van der Waals surface area contributed by atoms with Crippen LogP contribution in [-0.2, 0) is 33.2 Å². The van der Waals surface area contributed by atoms with Gasteiger partial charge in [0.15, 0.2) is 0 Å². The van der Waals surface area contributed by atoms with Gasteiger partial charge in [-0.2, -0.15) is 9.29 Å². The Bertz CT molecular complexity index is 1290. The Balaban J connectivity index is 1.50. The summed E-state index contributed by atoms with van der Waals surface area (Å²) in [5, 5.41) is 4.01. The molecule has 2 heterocycles. The van der Waals surface area contributed by atoms with Gasteiger partial charge in [0.1, 0.15) is 0 Å². The molecule has 0 saturated carbocycles. The molecule has 3 aromatic rings. The van der Waals surface area contributed by atoms with Crippen LogP contribution in [0.2, 0.25) is 0 Å². The number of nitrogens with zero attached hydrogens (tertiary/aromatic N) is 4. The van der Waals surface area contributed by atoms with Gasteiger partial charge in [-0.15, -0.1) is 0 Å². The Morgan fingerprint density at radius 1 is 1.15 bits per heavy atom. The number of fused-ring (bicyclic) bond motifs is 1. The van der Waals surface area contributed by atoms with E-state index in [9.17, 15) is 13.2 Å². The predicted molar refractivity (Wildman–Crippen MR) is 125 cm³/mol. The first-order chi connectivity index (χ1) is 15.5. The smallest absolute Gasteiger partial charge is 0.243 e. The first-order valence-corrected chi connectivity index (χ1v) is 12.2. The van der Waals surface area contributed by atoms with E-state index in [0.29, 0.717) is 18.8 Å². The minimum absolute atomic E-state index is 0.0416. The van der Waals surface area contributed by atoms with E-state index in [4.69, 9.17) is 4.52 Å². The molecule has 174 valence electrons. The molecule has 0 bridgehead atoms. The van der Waals surface area contributed by atoms with Gasteiger partial charge in [-0.3, -0.25) is 4.79 Å². The van der Waals surface area contributed by atoms with E-state index >= 15 is 0 Å². The Morgan fingerprint density at radius 2 is 1.85 bits per heavy atom. The summed E-state index contributed by atoms with van der Waals surface area (Å²) in [5.74, 6) is 0.569. The zero-order valence-corrected chi connectivity index (χ0v) is 20.3. The summed E-state index contributed by atoms with van der Waals surface area (Å²) < 4.78 is 32.7. The standard InChI is InChI=1S/C24H28N4O4S/c1-16(29)28-13-12-18-14-20(10-11-21(18)28)33(30,31)27(5)15-22-25-23(26-32-22)17-6-8-19(9-7-17)24(2,3)4/h6-11,14H,12-13,15H2,1-5H3. The van der Waals surface area contributed by atoms with Crippen LogP contribution in [0.5, 0.6) is 0 Å². The first kappa shape index (κ1) is 23.1. The summed E-state index contributed by atoms with van der Waals surface area (Å²) in [5.41, 5.74) is 3.65. The number of sulfonamides is 1. The van der Waals surface area contributed by atoms with Crippen LogP contribution >= 0.6 is 0 Å². The van der Waals surface area contributed by atoms with Gasteiger partial charge >= 0.3 is 0 Å². The molecule has 0 atom stereocenters. The molecule has 0 saturated heterocycles. The fourth-order valence-corrected chi connectivity index (χ4v) is 5.05. The van der Waals surface area contributed by atoms with Crippen LogP contribution in [0.25, 0.3) is 11.4 Å². The lowest BCUT2D eigenvalue weighted by Crippen LogP contribution is -2.27. The van der Waals surface area contributed by atoms with Crippen molar-refractivity contribution in [2.45, 2.75) is 51.0 Å². The average molecular weight is 469 g/mol. The maximum Gasteiger partial charge on any atom is 0.243 e. The number of amides is 1. The van der Waals surface area contributed by atoms with Gasteiger partial charge in [0.25, 0.3) is 0 Å². The van der Waals surface area contributed by atoms with Crippen molar-refractivity contribution in [3.8, 4) is 11.4 Å². The van der Waals surface area contributed by atoms with Gasteiger partial charge < -0.3 is 9.42 Å². The molecular formula is C24H28N4O4S. The Morgan fingerprint density at radius 3 is 2.48 bits per heavy atom. The van der Waals surface area contributed by atoms with Gasteiger partial charge in [-0.25, -0.2) is 8.42 Å². The molecule has 0 fully saturated rings. The molecule has 9 heteroatoms. The molecule has 0 radical (unpaired) electrons. The Hall–Kier alpha value is -3.04. The van der Waals surface area contributed by atoms with Gasteiger partial charge in [0.2, 0.25) is 27.6 Å². The number of hydrogen-bond donors (Lipinski definition) is 0. The molecule has 33 heavy (non-hydrogen) atoms. The summed E-state index contributed by atoms with van der Waals surface area (Å²) in [6.07, 6.45) is 0.628. The van der Waals surface area contributed by atoms with Crippen molar-refractivity contribution in [3.05, 3.63) is 59.5 Å². The molecule has 1 aliphatic heterocycles. The summed E-state index contributed by atoms with van der Waals surface area (Å²) in [7, 11) is -2.29. The van der Waals surface area contributed by atoms with Crippen LogP contribution in [0.3, 0.4) is 0 Å². The van der Waals surface area contributed by atoms with Crippen molar-refractivity contribution >= 4 is 21.6 Å². The number of carbonyl (C=O) groups excluding carboxylic acids is 1. The fraction of sp³-hybridized carbons (Fsp3) is 0.375. The van der Waals surface area contributed by atoms with Crippen LogP contribution in [0.4, 0.5) is 5.69 Å². The fourth-order valence-electron chi connectivity index (χ4n) is 3.88. The normalized spacial score (nSPS) is 14.1. The van der Waals surface area contributed by atoms with Crippen LogP contribution in [0, 0.1) is 0 Å². The highest BCUT2D eigenvalue weighted by Gasteiger charge is 2.28. The van der Waals surface area contributed by atoms with Gasteiger partial charge in [0.05, 0.1) is 11.4 Å². The second kappa shape index (κ2) is 8.39. The molecule has 4 rings (SSSR count). The topological polar surface area (TPSA) is 96.6 Å². The monoisotopic (exact) mass is 468 g/mol. The molecule has 0 spiro atoms. The summed E-state index contributed by atoms with van der Waals surface area (Å²) in [4.78, 5) is 18.0. The van der Waals surface area contributed by atoms with Gasteiger partial charge in [-0.1, -0.05) is 50.2 Å². The maximum absolute atomic E-state index is 13.1. The van der Waals surface area contributed by atoms with Crippen molar-refractivity contribution in [2.24, 2.45) is 0 Å². The third-order valence-corrected chi connectivity index (χ3v) is 7.67. The van der Waals surface area contributed by atoms with Crippen LogP contribution in [0.1, 0.15) is 44.7 Å². The lowest BCUT2D eigenvalue weighted by Gasteiger charge is -2.18. The SMILES string of the molecule is CC(=O)N1CCc2cc(S(=O)(=O)N(C)Cc3nc(-c4ccc(C(C)(C)C)cc4)no3)ccc21. The average Bonchev–Trinajstić information content (AvgIpc) is 3.39. The van der Waals surface area contributed by atoms with Crippen molar-refractivity contribution in [3.63, 3.8) is 0 Å². The minimum atomic E-state index is -3.77. The molecule has 8 nitrogen and oxygen atoms in total. The lowest BCUT2D eigenvalue weighted by atomic mass is 9.87. The molecule has 2 aromatic carbocycles. The molecule has 0 unspecified atom stereocenters. The second-order valence-corrected chi connectivity index (χ2v) is 11.4.